The molecule has 0 radical (unpaired) electrons. The van der Waals surface area contributed by atoms with Gasteiger partial charge in [-0.25, -0.2) is 4.98 Å². The van der Waals surface area contributed by atoms with E-state index in [0.717, 1.165) is 23.5 Å². The van der Waals surface area contributed by atoms with Crippen LogP contribution in [0.1, 0.15) is 22.3 Å². The van der Waals surface area contributed by atoms with E-state index in [0.29, 0.717) is 35.5 Å². The minimum atomic E-state index is -0.0671. The van der Waals surface area contributed by atoms with E-state index in [2.05, 4.69) is 10.1 Å². The van der Waals surface area contributed by atoms with Gasteiger partial charge in [0.15, 0.2) is 17.5 Å². The molecule has 3 aromatic rings. The predicted molar refractivity (Wildman–Crippen MR) is 100 cm³/mol. The molecule has 0 saturated carbocycles. The van der Waals surface area contributed by atoms with E-state index in [1.807, 2.05) is 25.1 Å². The van der Waals surface area contributed by atoms with Crippen molar-refractivity contribution in [1.82, 2.24) is 14.6 Å². The Hall–Kier alpha value is -2.36. The molecule has 1 atom stereocenters. The number of hydrogen-bond donors (Lipinski definition) is 2. The van der Waals surface area contributed by atoms with Crippen LogP contribution in [-0.2, 0) is 4.74 Å². The van der Waals surface area contributed by atoms with Crippen LogP contribution in [0, 0.1) is 6.92 Å². The zero-order valence-electron chi connectivity index (χ0n) is 15.6. The maximum absolute atomic E-state index is 10.9. The van der Waals surface area contributed by atoms with Crippen molar-refractivity contribution in [3.8, 4) is 17.4 Å². The second kappa shape index (κ2) is 7.34. The molecule has 1 aromatic carbocycles. The molecule has 27 heavy (non-hydrogen) atoms. The van der Waals surface area contributed by atoms with Crippen molar-refractivity contribution in [3.05, 3.63) is 34.5 Å². The summed E-state index contributed by atoms with van der Waals surface area (Å²) in [5.41, 5.74) is 1.04. The smallest absolute Gasteiger partial charge is 0.235 e. The average Bonchev–Trinajstić information content (AvgIpc) is 3.20. The monoisotopic (exact) mass is 391 g/mol. The molecule has 1 aliphatic heterocycles. The summed E-state index contributed by atoms with van der Waals surface area (Å²) in [6.45, 7) is 4.91. The fourth-order valence-electron chi connectivity index (χ4n) is 3.56. The molecule has 9 heteroatoms. The Bertz CT molecular complexity index is 948. The molecule has 0 amide bonds. The quantitative estimate of drug-likeness (QED) is 0.670. The fraction of sp³-hybridized carbons (Fsp3) is 0.444. The van der Waals surface area contributed by atoms with Crippen molar-refractivity contribution in [2.24, 2.45) is 0 Å². The summed E-state index contributed by atoms with van der Waals surface area (Å²) in [5, 5.41) is 15.2. The van der Waals surface area contributed by atoms with Gasteiger partial charge in [-0.2, -0.15) is 4.52 Å². The van der Waals surface area contributed by atoms with Crippen molar-refractivity contribution < 1.29 is 24.2 Å². The standard InChI is InChI=1S/C18H22N4O4S/c1-11-19-18-22(20-11)17(23)16(27-18)15(21-6-8-26-9-7-21)12-4-5-13(24-2)14(10-12)25-3/h4-5,10,15,23H,6-9H2,1-3H3/p+1/t15-/m1/s1. The number of rotatable bonds is 5. The molecule has 0 spiro atoms. The van der Waals surface area contributed by atoms with Gasteiger partial charge in [0.25, 0.3) is 0 Å². The number of ether oxygens (including phenoxy) is 3. The number of aromatic nitrogens is 3. The van der Waals surface area contributed by atoms with E-state index >= 15 is 0 Å². The van der Waals surface area contributed by atoms with Crippen LogP contribution >= 0.6 is 11.3 Å². The van der Waals surface area contributed by atoms with Crippen LogP contribution in [0.15, 0.2) is 18.2 Å². The van der Waals surface area contributed by atoms with Crippen LogP contribution < -0.4 is 14.4 Å². The van der Waals surface area contributed by atoms with Gasteiger partial charge in [0.1, 0.15) is 23.8 Å². The number of thiazole rings is 1. The summed E-state index contributed by atoms with van der Waals surface area (Å²) in [4.78, 5) is 7.27. The molecule has 0 aliphatic carbocycles. The second-order valence-electron chi connectivity index (χ2n) is 6.46. The molecular weight excluding hydrogens is 368 g/mol. The number of morpholine rings is 1. The van der Waals surface area contributed by atoms with Gasteiger partial charge in [-0.15, -0.1) is 5.10 Å². The van der Waals surface area contributed by atoms with Gasteiger partial charge in [0, 0.05) is 5.56 Å². The molecule has 0 bridgehead atoms. The molecule has 1 saturated heterocycles. The van der Waals surface area contributed by atoms with Gasteiger partial charge in [-0.1, -0.05) is 11.3 Å². The number of aryl methyl sites for hydroxylation is 1. The number of fused-ring (bicyclic) bond motifs is 1. The van der Waals surface area contributed by atoms with Gasteiger partial charge < -0.3 is 24.2 Å². The number of benzene rings is 1. The number of hydrogen-bond acceptors (Lipinski definition) is 7. The van der Waals surface area contributed by atoms with Crippen LogP contribution in [0.25, 0.3) is 4.96 Å². The first kappa shape index (κ1) is 18.0. The summed E-state index contributed by atoms with van der Waals surface area (Å²) in [5.74, 6) is 2.14. The van der Waals surface area contributed by atoms with Crippen LogP contribution in [0.3, 0.4) is 0 Å². The molecule has 4 rings (SSSR count). The highest BCUT2D eigenvalue weighted by atomic mass is 32.1. The Morgan fingerprint density at radius 3 is 2.63 bits per heavy atom. The van der Waals surface area contributed by atoms with Crippen molar-refractivity contribution >= 4 is 16.3 Å². The number of methoxy groups -OCH3 is 2. The molecular formula is C18H23N4O4S+. The lowest BCUT2D eigenvalue weighted by Gasteiger charge is -2.31. The van der Waals surface area contributed by atoms with Gasteiger partial charge in [0.2, 0.25) is 10.8 Å². The third kappa shape index (κ3) is 3.22. The topological polar surface area (TPSA) is 82.6 Å². The first-order chi connectivity index (χ1) is 13.1. The van der Waals surface area contributed by atoms with E-state index in [9.17, 15) is 5.11 Å². The Balaban J connectivity index is 1.83. The Morgan fingerprint density at radius 2 is 1.96 bits per heavy atom. The zero-order chi connectivity index (χ0) is 19.0. The second-order valence-corrected chi connectivity index (χ2v) is 7.47. The van der Waals surface area contributed by atoms with E-state index < -0.39 is 0 Å². The number of nitrogens with one attached hydrogen (secondary N) is 1. The average molecular weight is 391 g/mol. The highest BCUT2D eigenvalue weighted by molar-refractivity contribution is 7.17. The molecule has 3 heterocycles. The minimum absolute atomic E-state index is 0.0671. The summed E-state index contributed by atoms with van der Waals surface area (Å²) >= 11 is 1.47. The van der Waals surface area contributed by atoms with E-state index in [-0.39, 0.29) is 11.9 Å². The lowest BCUT2D eigenvalue weighted by molar-refractivity contribution is -0.932. The Morgan fingerprint density at radius 1 is 1.22 bits per heavy atom. The normalized spacial score (nSPS) is 16.6. The Kier molecular flexibility index (Phi) is 4.90. The third-order valence-electron chi connectivity index (χ3n) is 4.85. The molecule has 2 aromatic heterocycles. The summed E-state index contributed by atoms with van der Waals surface area (Å²) in [7, 11) is 3.25. The van der Waals surface area contributed by atoms with Gasteiger partial charge in [-0.3, -0.25) is 0 Å². The largest absolute Gasteiger partial charge is 0.493 e. The summed E-state index contributed by atoms with van der Waals surface area (Å²) in [6, 6.07) is 5.84. The maximum atomic E-state index is 10.9. The van der Waals surface area contributed by atoms with Gasteiger partial charge in [-0.05, 0) is 25.1 Å². The van der Waals surface area contributed by atoms with Crippen LogP contribution in [0.4, 0.5) is 0 Å². The maximum Gasteiger partial charge on any atom is 0.235 e. The molecule has 8 nitrogen and oxygen atoms in total. The number of quaternary nitrogens is 1. The summed E-state index contributed by atoms with van der Waals surface area (Å²) < 4.78 is 17.9. The lowest BCUT2D eigenvalue weighted by Crippen LogP contribution is -3.14. The van der Waals surface area contributed by atoms with Crippen molar-refractivity contribution in [2.45, 2.75) is 13.0 Å². The molecule has 144 valence electrons. The molecule has 1 fully saturated rings. The van der Waals surface area contributed by atoms with E-state index in [1.54, 1.807) is 14.2 Å². The van der Waals surface area contributed by atoms with Gasteiger partial charge in [0.05, 0.1) is 27.4 Å². The Labute approximate surface area is 160 Å². The third-order valence-corrected chi connectivity index (χ3v) is 5.94. The first-order valence-electron chi connectivity index (χ1n) is 8.81. The SMILES string of the molecule is COc1ccc([C@H](c2sc3nc(C)nn3c2O)[NH+]2CCOCC2)cc1OC. The minimum Gasteiger partial charge on any atom is -0.493 e. The lowest BCUT2D eigenvalue weighted by atomic mass is 10.0. The number of nitrogens with zero attached hydrogens (tertiary/aromatic N) is 3. The fourth-order valence-corrected chi connectivity index (χ4v) is 4.75. The molecule has 0 unspecified atom stereocenters. The highest BCUT2D eigenvalue weighted by Gasteiger charge is 2.34. The van der Waals surface area contributed by atoms with E-state index in [4.69, 9.17) is 14.2 Å². The van der Waals surface area contributed by atoms with Gasteiger partial charge >= 0.3 is 0 Å². The zero-order valence-corrected chi connectivity index (χ0v) is 16.4. The van der Waals surface area contributed by atoms with E-state index in [1.165, 1.54) is 20.8 Å². The highest BCUT2D eigenvalue weighted by Crippen LogP contribution is 2.37. The van der Waals surface area contributed by atoms with Crippen molar-refractivity contribution in [2.75, 3.05) is 40.5 Å². The van der Waals surface area contributed by atoms with Crippen LogP contribution in [-0.4, -0.2) is 60.2 Å². The van der Waals surface area contributed by atoms with Crippen LogP contribution in [0.2, 0.25) is 0 Å². The number of aromatic hydroxyl groups is 1. The predicted octanol–water partition coefficient (Wildman–Crippen LogP) is 0.827. The molecule has 1 aliphatic rings. The molecule has 2 N–H and O–H groups in total. The van der Waals surface area contributed by atoms with Crippen molar-refractivity contribution in [3.63, 3.8) is 0 Å². The van der Waals surface area contributed by atoms with Crippen molar-refractivity contribution in [1.29, 1.82) is 0 Å². The summed E-state index contributed by atoms with van der Waals surface area (Å²) in [6.07, 6.45) is 0. The first-order valence-corrected chi connectivity index (χ1v) is 9.63. The van der Waals surface area contributed by atoms with Crippen LogP contribution in [0.5, 0.6) is 17.4 Å².